The lowest BCUT2D eigenvalue weighted by Crippen LogP contribution is -2.38. The molecule has 1 aliphatic carbocycles. The molecule has 1 aliphatic heterocycles. The third kappa shape index (κ3) is 4.16. The Morgan fingerprint density at radius 1 is 1.03 bits per heavy atom. The number of aryl methyl sites for hydroxylation is 1. The van der Waals surface area contributed by atoms with Gasteiger partial charge in [0.2, 0.25) is 0 Å². The first kappa shape index (κ1) is 23.0. The molecule has 3 aromatic heterocycles. The molecule has 0 saturated carbocycles. The number of thiazole rings is 1. The second kappa shape index (κ2) is 9.33. The minimum atomic E-state index is -0.130. The Labute approximate surface area is 229 Å². The van der Waals surface area contributed by atoms with Crippen molar-refractivity contribution in [3.05, 3.63) is 130 Å². The molecule has 5 aromatic rings. The highest BCUT2D eigenvalue weighted by atomic mass is 35.5. The summed E-state index contributed by atoms with van der Waals surface area (Å²) in [6.45, 7) is 0. The highest BCUT2D eigenvalue weighted by Crippen LogP contribution is 2.42. The second-order valence-corrected chi connectivity index (χ2v) is 12.3. The van der Waals surface area contributed by atoms with Gasteiger partial charge in [0.25, 0.3) is 5.56 Å². The molecule has 0 bridgehead atoms. The zero-order valence-electron chi connectivity index (χ0n) is 19.4. The van der Waals surface area contributed by atoms with Gasteiger partial charge in [-0.1, -0.05) is 65.0 Å². The van der Waals surface area contributed by atoms with Crippen LogP contribution < -0.4 is 14.9 Å². The standard InChI is InChI=1S/C29H19ClN2O2S3/c30-18-8-11-20(12-9-18)36-25-14-10-19(34-25)16-24-28(33)32-27(23-6-3-15-35-23)22-13-7-17-4-1-2-5-21(17)26(22)31-29(32)37-24/h1-6,8-12,14-16,27H,7,13H2/b24-16+. The van der Waals surface area contributed by atoms with Crippen LogP contribution >= 0.6 is 46.0 Å². The lowest BCUT2D eigenvalue weighted by Gasteiger charge is -2.30. The van der Waals surface area contributed by atoms with Gasteiger partial charge < -0.3 is 4.42 Å². The average molecular weight is 559 g/mol. The summed E-state index contributed by atoms with van der Waals surface area (Å²) in [7, 11) is 0. The number of benzene rings is 2. The summed E-state index contributed by atoms with van der Waals surface area (Å²) in [4.78, 5) is 21.8. The predicted molar refractivity (Wildman–Crippen MR) is 151 cm³/mol. The summed E-state index contributed by atoms with van der Waals surface area (Å²) in [5.41, 5.74) is 4.71. The lowest BCUT2D eigenvalue weighted by molar-refractivity contribution is 0.466. The first-order valence-corrected chi connectivity index (χ1v) is 14.7. The third-order valence-electron chi connectivity index (χ3n) is 6.59. The summed E-state index contributed by atoms with van der Waals surface area (Å²) in [5, 5.41) is 3.53. The maximum atomic E-state index is 13.8. The van der Waals surface area contributed by atoms with E-state index >= 15 is 0 Å². The van der Waals surface area contributed by atoms with E-state index in [1.54, 1.807) is 11.3 Å². The molecular formula is C29H19ClN2O2S3. The van der Waals surface area contributed by atoms with Gasteiger partial charge in [-0.3, -0.25) is 9.36 Å². The third-order valence-corrected chi connectivity index (χ3v) is 9.68. The molecule has 1 atom stereocenters. The largest absolute Gasteiger partial charge is 0.450 e. The zero-order chi connectivity index (χ0) is 24.9. The van der Waals surface area contributed by atoms with E-state index in [1.165, 1.54) is 39.8 Å². The number of allylic oxidation sites excluding steroid dienone is 1. The van der Waals surface area contributed by atoms with Gasteiger partial charge in [-0.25, -0.2) is 4.99 Å². The van der Waals surface area contributed by atoms with Crippen molar-refractivity contribution >= 4 is 57.8 Å². The first-order valence-electron chi connectivity index (χ1n) is 11.8. The molecule has 0 amide bonds. The van der Waals surface area contributed by atoms with Crippen molar-refractivity contribution in [2.75, 3.05) is 0 Å². The number of rotatable bonds is 4. The van der Waals surface area contributed by atoms with E-state index in [-0.39, 0.29) is 11.6 Å². The lowest BCUT2D eigenvalue weighted by atomic mass is 9.85. The number of aromatic nitrogens is 1. The number of nitrogens with zero attached hydrogens (tertiary/aromatic N) is 2. The van der Waals surface area contributed by atoms with Crippen molar-refractivity contribution in [3.63, 3.8) is 0 Å². The van der Waals surface area contributed by atoms with E-state index in [4.69, 9.17) is 21.0 Å². The summed E-state index contributed by atoms with van der Waals surface area (Å²) >= 11 is 10.6. The summed E-state index contributed by atoms with van der Waals surface area (Å²) in [5.74, 6) is 0.642. The summed E-state index contributed by atoms with van der Waals surface area (Å²) in [6.07, 6.45) is 3.68. The topological polar surface area (TPSA) is 47.5 Å². The van der Waals surface area contributed by atoms with Gasteiger partial charge in [0.1, 0.15) is 5.76 Å². The van der Waals surface area contributed by atoms with Crippen LogP contribution in [0.2, 0.25) is 5.02 Å². The highest BCUT2D eigenvalue weighted by Gasteiger charge is 2.33. The molecule has 1 unspecified atom stereocenters. The number of halogens is 1. The van der Waals surface area contributed by atoms with E-state index in [0.717, 1.165) is 38.2 Å². The molecule has 0 spiro atoms. The number of thiophene rings is 1. The molecule has 2 aliphatic rings. The van der Waals surface area contributed by atoms with Gasteiger partial charge in [-0.2, -0.15) is 0 Å². The Bertz CT molecular complexity index is 1840. The van der Waals surface area contributed by atoms with E-state index in [0.29, 0.717) is 15.3 Å². The molecule has 0 fully saturated rings. The van der Waals surface area contributed by atoms with Gasteiger partial charge >= 0.3 is 0 Å². The molecule has 2 aromatic carbocycles. The second-order valence-electron chi connectivity index (χ2n) is 8.84. The molecular weight excluding hydrogens is 540 g/mol. The quantitative estimate of drug-likeness (QED) is 0.244. The van der Waals surface area contributed by atoms with Crippen molar-refractivity contribution in [1.82, 2.24) is 4.57 Å². The zero-order valence-corrected chi connectivity index (χ0v) is 22.6. The van der Waals surface area contributed by atoms with E-state index in [2.05, 4.69) is 41.8 Å². The number of furan rings is 1. The summed E-state index contributed by atoms with van der Waals surface area (Å²) < 4.78 is 8.54. The van der Waals surface area contributed by atoms with Crippen LogP contribution in [-0.2, 0) is 6.42 Å². The van der Waals surface area contributed by atoms with Gasteiger partial charge in [0.15, 0.2) is 9.89 Å². The smallest absolute Gasteiger partial charge is 0.271 e. The monoisotopic (exact) mass is 558 g/mol. The highest BCUT2D eigenvalue weighted by molar-refractivity contribution is 7.99. The van der Waals surface area contributed by atoms with Gasteiger partial charge in [0.05, 0.1) is 16.3 Å². The molecule has 4 nitrogen and oxygen atoms in total. The van der Waals surface area contributed by atoms with Gasteiger partial charge in [-0.15, -0.1) is 11.3 Å². The minimum Gasteiger partial charge on any atom is -0.450 e. The van der Waals surface area contributed by atoms with Crippen LogP contribution in [0.5, 0.6) is 0 Å². The molecule has 0 radical (unpaired) electrons. The molecule has 37 heavy (non-hydrogen) atoms. The number of hydrogen-bond acceptors (Lipinski definition) is 6. The number of fused-ring (bicyclic) bond motifs is 3. The van der Waals surface area contributed by atoms with Crippen molar-refractivity contribution in [3.8, 4) is 0 Å². The molecule has 0 saturated heterocycles. The summed E-state index contributed by atoms with van der Waals surface area (Å²) in [6, 6.07) is 24.0. The molecule has 8 heteroatoms. The van der Waals surface area contributed by atoms with Gasteiger partial charge in [-0.05, 0) is 71.8 Å². The van der Waals surface area contributed by atoms with Crippen LogP contribution in [0.1, 0.15) is 34.2 Å². The maximum Gasteiger partial charge on any atom is 0.271 e. The van der Waals surface area contributed by atoms with Crippen molar-refractivity contribution in [1.29, 1.82) is 0 Å². The van der Waals surface area contributed by atoms with Crippen LogP contribution in [0, 0.1) is 0 Å². The molecule has 182 valence electrons. The van der Waals surface area contributed by atoms with Crippen LogP contribution in [0.25, 0.3) is 11.8 Å². The Hall–Kier alpha value is -3.10. The molecule has 7 rings (SSSR count). The van der Waals surface area contributed by atoms with Crippen molar-refractivity contribution < 1.29 is 4.42 Å². The maximum absolute atomic E-state index is 13.8. The fourth-order valence-electron chi connectivity index (χ4n) is 4.93. The first-order chi connectivity index (χ1) is 18.1. The van der Waals surface area contributed by atoms with Crippen LogP contribution in [-0.4, -0.2) is 4.57 Å². The van der Waals surface area contributed by atoms with E-state index in [1.807, 2.05) is 47.0 Å². The van der Waals surface area contributed by atoms with E-state index in [9.17, 15) is 4.79 Å². The number of hydrogen-bond donors (Lipinski definition) is 0. The Morgan fingerprint density at radius 2 is 1.89 bits per heavy atom. The fourth-order valence-corrected chi connectivity index (χ4v) is 7.67. The average Bonchev–Trinajstić information content (AvgIpc) is 3.66. The van der Waals surface area contributed by atoms with Crippen LogP contribution in [0.3, 0.4) is 0 Å². The van der Waals surface area contributed by atoms with Crippen molar-refractivity contribution in [2.24, 2.45) is 4.99 Å². The Morgan fingerprint density at radius 3 is 2.73 bits per heavy atom. The Balaban J connectivity index is 1.33. The van der Waals surface area contributed by atoms with Gasteiger partial charge in [0, 0.05) is 26.4 Å². The van der Waals surface area contributed by atoms with Crippen LogP contribution in [0.4, 0.5) is 0 Å². The fraction of sp³-hybridized carbons (Fsp3) is 0.103. The molecule has 4 heterocycles. The molecule has 0 N–H and O–H groups in total. The normalized spacial score (nSPS) is 16.8. The minimum absolute atomic E-state index is 0.0316. The SMILES string of the molecule is O=c1/c(=C\c2ccc(Sc3ccc(Cl)cc3)o2)sc2n1C(c1cccs1)C1=C(N=2)c2ccccc2CC1. The van der Waals surface area contributed by atoms with Crippen molar-refractivity contribution in [2.45, 2.75) is 28.9 Å². The van der Waals surface area contributed by atoms with E-state index < -0.39 is 0 Å². The predicted octanol–water partition coefficient (Wildman–Crippen LogP) is 6.78. The van der Waals surface area contributed by atoms with Crippen LogP contribution in [0.15, 0.2) is 108 Å². The Kier molecular flexibility index (Phi) is 5.81.